The second kappa shape index (κ2) is 2.03. The van der Waals surface area contributed by atoms with E-state index in [-0.39, 0.29) is 6.10 Å². The molecule has 0 unspecified atom stereocenters. The zero-order valence-corrected chi connectivity index (χ0v) is 5.20. The zero-order valence-electron chi connectivity index (χ0n) is 4.38. The predicted octanol–water partition coefficient (Wildman–Crippen LogP) is 1.37. The molecule has 0 aromatic heterocycles. The molecule has 1 saturated heterocycles. The molecule has 1 aliphatic rings. The third-order valence-electron chi connectivity index (χ3n) is 1.04. The van der Waals surface area contributed by atoms with Crippen molar-refractivity contribution in [2.45, 2.75) is 25.2 Å². The molecule has 1 fully saturated rings. The van der Waals surface area contributed by atoms with Gasteiger partial charge < -0.3 is 0 Å². The SMILES string of the molecule is C[C@H]1OOS[C@@H]1C. The third kappa shape index (κ3) is 1.08. The zero-order chi connectivity index (χ0) is 5.28. The summed E-state index contributed by atoms with van der Waals surface area (Å²) in [6.45, 7) is 4.06. The summed E-state index contributed by atoms with van der Waals surface area (Å²) in [7, 11) is 0. The van der Waals surface area contributed by atoms with Gasteiger partial charge in [-0.25, -0.2) is 4.89 Å². The standard InChI is InChI=1S/C4H8O2S/c1-3-4(2)7-6-5-3/h3-4H,1-2H3/t3-,4-/m1/s1. The summed E-state index contributed by atoms with van der Waals surface area (Å²) >= 11 is 1.38. The Bertz CT molecular complexity index is 58.7. The highest BCUT2D eigenvalue weighted by Gasteiger charge is 2.22. The first-order chi connectivity index (χ1) is 3.30. The first-order valence-electron chi connectivity index (χ1n) is 2.29. The lowest BCUT2D eigenvalue weighted by Gasteiger charge is -1.97. The largest absolute Gasteiger partial charge is 0.220 e. The molecule has 0 bridgehead atoms. The average Bonchev–Trinajstić information content (AvgIpc) is 1.91. The molecule has 3 heteroatoms. The van der Waals surface area contributed by atoms with Crippen molar-refractivity contribution in [1.29, 1.82) is 0 Å². The van der Waals surface area contributed by atoms with Gasteiger partial charge in [0.1, 0.15) is 6.10 Å². The molecule has 0 aliphatic carbocycles. The topological polar surface area (TPSA) is 18.5 Å². The number of hydrogen-bond acceptors (Lipinski definition) is 3. The fraction of sp³-hybridized carbons (Fsp3) is 1.00. The van der Waals surface area contributed by atoms with E-state index in [0.29, 0.717) is 5.25 Å². The Morgan fingerprint density at radius 1 is 1.43 bits per heavy atom. The third-order valence-corrected chi connectivity index (χ3v) is 1.89. The van der Waals surface area contributed by atoms with E-state index in [0.717, 1.165) is 0 Å². The van der Waals surface area contributed by atoms with Gasteiger partial charge in [0, 0.05) is 12.0 Å². The molecule has 0 radical (unpaired) electrons. The quantitative estimate of drug-likeness (QED) is 0.355. The Hall–Kier alpha value is 0.270. The molecule has 0 saturated carbocycles. The van der Waals surface area contributed by atoms with Crippen LogP contribution in [0.3, 0.4) is 0 Å². The van der Waals surface area contributed by atoms with E-state index in [2.05, 4.69) is 11.3 Å². The number of rotatable bonds is 0. The van der Waals surface area contributed by atoms with Gasteiger partial charge in [-0.05, 0) is 13.8 Å². The van der Waals surface area contributed by atoms with Crippen molar-refractivity contribution < 1.29 is 9.22 Å². The molecule has 7 heavy (non-hydrogen) atoms. The Balaban J connectivity index is 2.33. The Morgan fingerprint density at radius 3 is 2.29 bits per heavy atom. The molecule has 1 aliphatic heterocycles. The molecule has 2 nitrogen and oxygen atoms in total. The van der Waals surface area contributed by atoms with Gasteiger partial charge in [-0.3, -0.25) is 0 Å². The van der Waals surface area contributed by atoms with E-state index in [9.17, 15) is 0 Å². The fourth-order valence-corrected chi connectivity index (χ4v) is 0.798. The van der Waals surface area contributed by atoms with Crippen LogP contribution in [0, 0.1) is 0 Å². The van der Waals surface area contributed by atoms with Crippen molar-refractivity contribution in [3.05, 3.63) is 0 Å². The summed E-state index contributed by atoms with van der Waals surface area (Å²) in [6.07, 6.45) is 0.255. The number of hydrogen-bond donors (Lipinski definition) is 0. The van der Waals surface area contributed by atoms with E-state index >= 15 is 0 Å². The lowest BCUT2D eigenvalue weighted by atomic mass is 10.3. The van der Waals surface area contributed by atoms with Crippen LogP contribution in [0.15, 0.2) is 0 Å². The van der Waals surface area contributed by atoms with Crippen LogP contribution < -0.4 is 0 Å². The summed E-state index contributed by atoms with van der Waals surface area (Å²) in [5.74, 6) is 0. The Morgan fingerprint density at radius 2 is 2.14 bits per heavy atom. The van der Waals surface area contributed by atoms with Crippen LogP contribution in [-0.4, -0.2) is 11.4 Å². The van der Waals surface area contributed by atoms with Crippen LogP contribution in [-0.2, 0) is 9.22 Å². The second-order valence-corrected chi connectivity index (χ2v) is 2.74. The second-order valence-electron chi connectivity index (χ2n) is 1.67. The summed E-state index contributed by atoms with van der Waals surface area (Å²) in [4.78, 5) is 4.73. The van der Waals surface area contributed by atoms with Crippen LogP contribution >= 0.6 is 12.0 Å². The lowest BCUT2D eigenvalue weighted by Crippen LogP contribution is -2.09. The van der Waals surface area contributed by atoms with E-state index in [1.807, 2.05) is 6.92 Å². The molecule has 0 amide bonds. The van der Waals surface area contributed by atoms with E-state index in [4.69, 9.17) is 4.89 Å². The molecular formula is C4H8O2S. The Kier molecular flexibility index (Phi) is 1.57. The summed E-state index contributed by atoms with van der Waals surface area (Å²) in [5, 5.41) is 0.486. The van der Waals surface area contributed by atoms with Crippen molar-refractivity contribution in [3.8, 4) is 0 Å². The highest BCUT2D eigenvalue weighted by molar-refractivity contribution is 7.95. The molecule has 0 N–H and O–H groups in total. The van der Waals surface area contributed by atoms with Crippen LogP contribution in [0.4, 0.5) is 0 Å². The van der Waals surface area contributed by atoms with E-state index in [1.54, 1.807) is 0 Å². The maximum absolute atomic E-state index is 4.73. The first-order valence-corrected chi connectivity index (χ1v) is 3.10. The smallest absolute Gasteiger partial charge is 0.105 e. The van der Waals surface area contributed by atoms with Crippen molar-refractivity contribution in [1.82, 2.24) is 0 Å². The highest BCUT2D eigenvalue weighted by Crippen LogP contribution is 2.25. The molecule has 42 valence electrons. The minimum Gasteiger partial charge on any atom is -0.220 e. The molecule has 1 rings (SSSR count). The van der Waals surface area contributed by atoms with Gasteiger partial charge in [-0.1, -0.05) is 0 Å². The van der Waals surface area contributed by atoms with Crippen LogP contribution in [0.5, 0.6) is 0 Å². The van der Waals surface area contributed by atoms with Gasteiger partial charge in [0.25, 0.3) is 0 Å². The van der Waals surface area contributed by atoms with Crippen molar-refractivity contribution in [2.24, 2.45) is 0 Å². The maximum atomic E-state index is 4.73. The molecule has 0 aromatic rings. The van der Waals surface area contributed by atoms with Crippen LogP contribution in [0.25, 0.3) is 0 Å². The van der Waals surface area contributed by atoms with Gasteiger partial charge in [0.2, 0.25) is 0 Å². The van der Waals surface area contributed by atoms with Crippen molar-refractivity contribution in [3.63, 3.8) is 0 Å². The molecule has 1 heterocycles. The van der Waals surface area contributed by atoms with E-state index < -0.39 is 0 Å². The van der Waals surface area contributed by atoms with Gasteiger partial charge in [-0.2, -0.15) is 4.33 Å². The summed E-state index contributed by atoms with van der Waals surface area (Å²) < 4.78 is 4.59. The molecule has 0 spiro atoms. The van der Waals surface area contributed by atoms with Gasteiger partial charge in [0.15, 0.2) is 0 Å². The van der Waals surface area contributed by atoms with Gasteiger partial charge in [0.05, 0.1) is 5.25 Å². The van der Waals surface area contributed by atoms with Crippen LogP contribution in [0.2, 0.25) is 0 Å². The highest BCUT2D eigenvalue weighted by atomic mass is 32.2. The predicted molar refractivity (Wildman–Crippen MR) is 28.7 cm³/mol. The average molecular weight is 120 g/mol. The van der Waals surface area contributed by atoms with Crippen molar-refractivity contribution >= 4 is 12.0 Å². The Labute approximate surface area is 47.3 Å². The molecule has 0 aromatic carbocycles. The van der Waals surface area contributed by atoms with Crippen LogP contribution in [0.1, 0.15) is 13.8 Å². The summed E-state index contributed by atoms with van der Waals surface area (Å²) in [5.41, 5.74) is 0. The minimum absolute atomic E-state index is 0.255. The van der Waals surface area contributed by atoms with Gasteiger partial charge >= 0.3 is 0 Å². The van der Waals surface area contributed by atoms with E-state index in [1.165, 1.54) is 12.0 Å². The van der Waals surface area contributed by atoms with Gasteiger partial charge in [-0.15, -0.1) is 0 Å². The molecular weight excluding hydrogens is 112 g/mol. The minimum atomic E-state index is 0.255. The normalized spacial score (nSPS) is 42.0. The summed E-state index contributed by atoms with van der Waals surface area (Å²) in [6, 6.07) is 0. The maximum Gasteiger partial charge on any atom is 0.105 e. The van der Waals surface area contributed by atoms with Crippen molar-refractivity contribution in [2.75, 3.05) is 0 Å². The lowest BCUT2D eigenvalue weighted by molar-refractivity contribution is -0.204. The molecule has 2 atom stereocenters. The fourth-order valence-electron chi connectivity index (χ4n) is 0.303. The first kappa shape index (κ1) is 5.41. The monoisotopic (exact) mass is 120 g/mol.